The second-order valence-corrected chi connectivity index (χ2v) is 5.60. The average molecular weight is 286 g/mol. The minimum atomic E-state index is 0.153. The molecule has 0 aliphatic carbocycles. The first-order valence-electron chi connectivity index (χ1n) is 7.56. The largest absolute Gasteiger partial charge is 0.373 e. The molecule has 0 amide bonds. The van der Waals surface area contributed by atoms with Crippen LogP contribution in [-0.4, -0.2) is 28.3 Å². The molecule has 5 heteroatoms. The van der Waals surface area contributed by atoms with Crippen LogP contribution in [0.3, 0.4) is 0 Å². The molecule has 3 heterocycles. The third kappa shape index (κ3) is 3.49. The second-order valence-electron chi connectivity index (χ2n) is 5.60. The summed E-state index contributed by atoms with van der Waals surface area (Å²) in [5, 5.41) is 10.5. The average Bonchev–Trinajstić information content (AvgIpc) is 3.04. The van der Waals surface area contributed by atoms with Gasteiger partial charge in [-0.2, -0.15) is 5.10 Å². The van der Waals surface area contributed by atoms with Crippen LogP contribution in [0.15, 0.2) is 30.7 Å². The number of pyridine rings is 1. The van der Waals surface area contributed by atoms with Crippen molar-refractivity contribution in [2.24, 2.45) is 5.92 Å². The quantitative estimate of drug-likeness (QED) is 0.886. The van der Waals surface area contributed by atoms with Crippen LogP contribution in [0.2, 0.25) is 0 Å². The standard InChI is InChI=1S/C16H22N4O/c1-12-13(4-2-6-18-12)8-17-9-14-5-3-7-21-16(14)15-10-19-20-11-15/h2,4,6,10-11,14,16-17H,3,5,7-9H2,1H3,(H,19,20)/t14-,16+/m0/s1. The maximum Gasteiger partial charge on any atom is 0.0895 e. The van der Waals surface area contributed by atoms with E-state index in [1.807, 2.05) is 24.7 Å². The molecule has 3 rings (SSSR count). The Morgan fingerprint density at radius 1 is 1.48 bits per heavy atom. The van der Waals surface area contributed by atoms with Gasteiger partial charge >= 0.3 is 0 Å². The van der Waals surface area contributed by atoms with E-state index in [-0.39, 0.29) is 6.10 Å². The molecule has 0 saturated carbocycles. The van der Waals surface area contributed by atoms with Gasteiger partial charge in [0.15, 0.2) is 0 Å². The van der Waals surface area contributed by atoms with Gasteiger partial charge in [-0.3, -0.25) is 10.1 Å². The lowest BCUT2D eigenvalue weighted by atomic mass is 9.91. The fourth-order valence-electron chi connectivity index (χ4n) is 2.93. The Kier molecular flexibility index (Phi) is 4.62. The topological polar surface area (TPSA) is 62.8 Å². The molecule has 0 radical (unpaired) electrons. The number of hydrogen-bond acceptors (Lipinski definition) is 4. The molecule has 2 atom stereocenters. The summed E-state index contributed by atoms with van der Waals surface area (Å²) in [5.74, 6) is 0.494. The molecule has 0 unspecified atom stereocenters. The van der Waals surface area contributed by atoms with Crippen molar-refractivity contribution in [1.29, 1.82) is 0 Å². The molecular formula is C16H22N4O. The number of nitrogens with one attached hydrogen (secondary N) is 2. The number of nitrogens with zero attached hydrogens (tertiary/aromatic N) is 2. The number of rotatable bonds is 5. The van der Waals surface area contributed by atoms with Crippen molar-refractivity contribution in [2.45, 2.75) is 32.4 Å². The Morgan fingerprint density at radius 3 is 3.24 bits per heavy atom. The Hall–Kier alpha value is -1.72. The third-order valence-electron chi connectivity index (χ3n) is 4.13. The second kappa shape index (κ2) is 6.83. The molecule has 112 valence electrons. The predicted octanol–water partition coefficient (Wildman–Crippen LogP) is 2.37. The van der Waals surface area contributed by atoms with Gasteiger partial charge in [-0.15, -0.1) is 0 Å². The Bertz CT molecular complexity index is 555. The highest BCUT2D eigenvalue weighted by molar-refractivity contribution is 5.18. The monoisotopic (exact) mass is 286 g/mol. The van der Waals surface area contributed by atoms with E-state index in [0.29, 0.717) is 5.92 Å². The maximum absolute atomic E-state index is 5.95. The molecule has 1 aliphatic heterocycles. The van der Waals surface area contributed by atoms with Gasteiger partial charge in [0.05, 0.1) is 12.3 Å². The molecule has 21 heavy (non-hydrogen) atoms. The molecule has 0 aromatic carbocycles. The van der Waals surface area contributed by atoms with E-state index in [1.54, 1.807) is 0 Å². The first-order chi connectivity index (χ1) is 10.3. The van der Waals surface area contributed by atoms with Crippen molar-refractivity contribution in [3.63, 3.8) is 0 Å². The van der Waals surface area contributed by atoms with Crippen molar-refractivity contribution >= 4 is 0 Å². The Labute approximate surface area is 125 Å². The van der Waals surface area contributed by atoms with E-state index in [2.05, 4.69) is 33.5 Å². The first-order valence-corrected chi connectivity index (χ1v) is 7.56. The number of H-pyrrole nitrogens is 1. The number of hydrogen-bond donors (Lipinski definition) is 2. The summed E-state index contributed by atoms with van der Waals surface area (Å²) in [5.41, 5.74) is 3.50. The van der Waals surface area contributed by atoms with Crippen LogP contribution in [0, 0.1) is 12.8 Å². The SMILES string of the molecule is Cc1ncccc1CNC[C@@H]1CCCO[C@H]1c1cn[nH]c1. The van der Waals surface area contributed by atoms with E-state index in [1.165, 1.54) is 12.0 Å². The minimum absolute atomic E-state index is 0.153. The Morgan fingerprint density at radius 2 is 2.43 bits per heavy atom. The van der Waals surface area contributed by atoms with Crippen molar-refractivity contribution in [2.75, 3.05) is 13.2 Å². The van der Waals surface area contributed by atoms with Gasteiger partial charge in [-0.05, 0) is 31.4 Å². The van der Waals surface area contributed by atoms with Crippen molar-refractivity contribution < 1.29 is 4.74 Å². The zero-order valence-electron chi connectivity index (χ0n) is 12.4. The number of aryl methyl sites for hydroxylation is 1. The molecule has 1 fully saturated rings. The van der Waals surface area contributed by atoms with Gasteiger partial charge in [-0.1, -0.05) is 6.07 Å². The lowest BCUT2D eigenvalue weighted by Crippen LogP contribution is -2.31. The Balaban J connectivity index is 1.57. The lowest BCUT2D eigenvalue weighted by molar-refractivity contribution is -0.0278. The van der Waals surface area contributed by atoms with Gasteiger partial charge in [0.1, 0.15) is 0 Å². The summed E-state index contributed by atoms with van der Waals surface area (Å²) in [4.78, 5) is 4.32. The zero-order chi connectivity index (χ0) is 14.5. The molecule has 0 spiro atoms. The van der Waals surface area contributed by atoms with Crippen LogP contribution < -0.4 is 5.32 Å². The van der Waals surface area contributed by atoms with Crippen LogP contribution >= 0.6 is 0 Å². The minimum Gasteiger partial charge on any atom is -0.373 e. The molecule has 2 aromatic heterocycles. The van der Waals surface area contributed by atoms with Gasteiger partial charge in [0, 0.05) is 49.3 Å². The predicted molar refractivity (Wildman–Crippen MR) is 80.7 cm³/mol. The van der Waals surface area contributed by atoms with Crippen LogP contribution in [0.1, 0.15) is 35.8 Å². The van der Waals surface area contributed by atoms with Crippen LogP contribution in [0.5, 0.6) is 0 Å². The highest BCUT2D eigenvalue weighted by atomic mass is 16.5. The molecule has 5 nitrogen and oxygen atoms in total. The van der Waals surface area contributed by atoms with Gasteiger partial charge in [-0.25, -0.2) is 0 Å². The van der Waals surface area contributed by atoms with Crippen LogP contribution in [0.25, 0.3) is 0 Å². The smallest absolute Gasteiger partial charge is 0.0895 e. The molecular weight excluding hydrogens is 264 g/mol. The third-order valence-corrected chi connectivity index (χ3v) is 4.13. The van der Waals surface area contributed by atoms with E-state index >= 15 is 0 Å². The first kappa shape index (κ1) is 14.2. The highest BCUT2D eigenvalue weighted by Crippen LogP contribution is 2.32. The lowest BCUT2D eigenvalue weighted by Gasteiger charge is -2.31. The van der Waals surface area contributed by atoms with E-state index in [9.17, 15) is 0 Å². The molecule has 2 aromatic rings. The molecule has 2 N–H and O–H groups in total. The fraction of sp³-hybridized carbons (Fsp3) is 0.500. The summed E-state index contributed by atoms with van der Waals surface area (Å²) in [6.45, 7) is 4.70. The summed E-state index contributed by atoms with van der Waals surface area (Å²) in [6, 6.07) is 4.11. The van der Waals surface area contributed by atoms with Gasteiger partial charge in [0.25, 0.3) is 0 Å². The molecule has 0 bridgehead atoms. The van der Waals surface area contributed by atoms with E-state index in [0.717, 1.165) is 37.4 Å². The number of ether oxygens (including phenoxy) is 1. The fourth-order valence-corrected chi connectivity index (χ4v) is 2.93. The van der Waals surface area contributed by atoms with E-state index in [4.69, 9.17) is 4.74 Å². The molecule has 1 aliphatic rings. The molecule has 1 saturated heterocycles. The zero-order valence-corrected chi connectivity index (χ0v) is 12.4. The van der Waals surface area contributed by atoms with Gasteiger partial charge < -0.3 is 10.1 Å². The van der Waals surface area contributed by atoms with E-state index < -0.39 is 0 Å². The summed E-state index contributed by atoms with van der Waals surface area (Å²) in [7, 11) is 0. The van der Waals surface area contributed by atoms with Crippen molar-refractivity contribution in [3.05, 3.63) is 47.5 Å². The number of aromatic amines is 1. The van der Waals surface area contributed by atoms with Crippen molar-refractivity contribution in [3.8, 4) is 0 Å². The van der Waals surface area contributed by atoms with Crippen LogP contribution in [-0.2, 0) is 11.3 Å². The summed E-state index contributed by atoms with van der Waals surface area (Å²) < 4.78 is 5.95. The highest BCUT2D eigenvalue weighted by Gasteiger charge is 2.27. The van der Waals surface area contributed by atoms with Crippen LogP contribution in [0.4, 0.5) is 0 Å². The normalized spacial score (nSPS) is 22.3. The summed E-state index contributed by atoms with van der Waals surface area (Å²) in [6.07, 6.45) is 8.12. The maximum atomic E-state index is 5.95. The van der Waals surface area contributed by atoms with Gasteiger partial charge in [0.2, 0.25) is 0 Å². The van der Waals surface area contributed by atoms with Crippen molar-refractivity contribution in [1.82, 2.24) is 20.5 Å². The summed E-state index contributed by atoms with van der Waals surface area (Å²) >= 11 is 0. The number of aromatic nitrogens is 3.